The Hall–Kier alpha value is -4.40. The molecule has 0 saturated carbocycles. The number of benzene rings is 2. The highest BCUT2D eigenvalue weighted by atomic mass is 16.6. The number of aromatic nitrogens is 6. The Kier molecular flexibility index (Phi) is 6.76. The summed E-state index contributed by atoms with van der Waals surface area (Å²) >= 11 is 0. The predicted octanol–water partition coefficient (Wildman–Crippen LogP) is 5.00. The fourth-order valence-corrected chi connectivity index (χ4v) is 4.68. The van der Waals surface area contributed by atoms with Crippen molar-refractivity contribution in [2.75, 3.05) is 7.11 Å². The van der Waals surface area contributed by atoms with Crippen LogP contribution >= 0.6 is 0 Å². The molecule has 0 bridgehead atoms. The van der Waals surface area contributed by atoms with E-state index in [1.54, 1.807) is 0 Å². The van der Waals surface area contributed by atoms with Crippen molar-refractivity contribution in [3.05, 3.63) is 82.5 Å². The Bertz CT molecular complexity index is 1500. The van der Waals surface area contributed by atoms with E-state index in [1.165, 1.54) is 7.11 Å². The van der Waals surface area contributed by atoms with Crippen molar-refractivity contribution in [3.8, 4) is 22.5 Å². The molecule has 0 fully saturated rings. The van der Waals surface area contributed by atoms with Crippen molar-refractivity contribution in [1.82, 2.24) is 30.2 Å². The summed E-state index contributed by atoms with van der Waals surface area (Å²) in [6.45, 7) is 6.42. The molecule has 4 aromatic rings. The van der Waals surface area contributed by atoms with E-state index >= 15 is 0 Å². The minimum Gasteiger partial charge on any atom is -0.399 e. The average molecular weight is 496 g/mol. The van der Waals surface area contributed by atoms with E-state index < -0.39 is 0 Å². The number of carbonyl (C=O) groups is 1. The van der Waals surface area contributed by atoms with Crippen LogP contribution in [-0.4, -0.2) is 48.8 Å². The van der Waals surface area contributed by atoms with Crippen LogP contribution < -0.4 is 0 Å². The van der Waals surface area contributed by atoms with Gasteiger partial charge < -0.3 is 9.40 Å². The molecule has 5 rings (SSSR count). The molecule has 0 atom stereocenters. The van der Waals surface area contributed by atoms with Gasteiger partial charge in [0.1, 0.15) is 30.0 Å². The zero-order chi connectivity index (χ0) is 25.9. The number of aromatic amines is 1. The molecule has 1 N–H and O–H groups in total. The smallest absolute Gasteiger partial charge is 0.207 e. The molecule has 0 spiro atoms. The molecular formula is C28H29N7O2. The van der Waals surface area contributed by atoms with Gasteiger partial charge in [-0.15, -0.1) is 5.10 Å². The third kappa shape index (κ3) is 4.48. The number of oxime groups is 1. The summed E-state index contributed by atoms with van der Waals surface area (Å²) in [6, 6.07) is 16.4. The van der Waals surface area contributed by atoms with Crippen LogP contribution in [0.5, 0.6) is 0 Å². The first-order valence-corrected chi connectivity index (χ1v) is 12.4. The lowest BCUT2D eigenvalue weighted by molar-refractivity contribution is 0.102. The van der Waals surface area contributed by atoms with Crippen LogP contribution in [0.4, 0.5) is 0 Å². The Labute approximate surface area is 215 Å². The fourth-order valence-electron chi connectivity index (χ4n) is 4.68. The molecule has 0 amide bonds. The highest BCUT2D eigenvalue weighted by Gasteiger charge is 2.33. The first-order chi connectivity index (χ1) is 18.0. The normalized spacial score (nSPS) is 14.4. The minimum absolute atomic E-state index is 0.0102. The monoisotopic (exact) mass is 495 g/mol. The van der Waals surface area contributed by atoms with Gasteiger partial charge in [0.05, 0.1) is 0 Å². The maximum Gasteiger partial charge on any atom is 0.207 e. The summed E-state index contributed by atoms with van der Waals surface area (Å²) < 4.78 is 2.05. The first kappa shape index (κ1) is 24.3. The maximum absolute atomic E-state index is 13.4. The number of aryl methyl sites for hydroxylation is 1. The molecule has 2 aromatic carbocycles. The van der Waals surface area contributed by atoms with Crippen molar-refractivity contribution < 1.29 is 9.63 Å². The lowest BCUT2D eigenvalue weighted by Crippen LogP contribution is -2.23. The van der Waals surface area contributed by atoms with Crippen molar-refractivity contribution in [3.63, 3.8) is 0 Å². The van der Waals surface area contributed by atoms with Gasteiger partial charge in [-0.1, -0.05) is 67.0 Å². The quantitative estimate of drug-likeness (QED) is 0.344. The second kappa shape index (κ2) is 10.3. The number of hydrogen-bond donors (Lipinski definition) is 1. The Balaban J connectivity index is 1.53. The summed E-state index contributed by atoms with van der Waals surface area (Å²) in [4.78, 5) is 23.4. The molecule has 2 heterocycles. The summed E-state index contributed by atoms with van der Waals surface area (Å²) in [5.74, 6) is 1.50. The van der Waals surface area contributed by atoms with Crippen LogP contribution in [0.15, 0.2) is 64.8 Å². The zero-order valence-electron chi connectivity index (χ0n) is 21.4. The molecule has 188 valence electrons. The number of nitrogens with one attached hydrogen (secondary N) is 1. The van der Waals surface area contributed by atoms with Crippen LogP contribution in [0.25, 0.3) is 22.5 Å². The van der Waals surface area contributed by atoms with Gasteiger partial charge in [-0.25, -0.2) is 10.1 Å². The molecule has 2 aromatic heterocycles. The largest absolute Gasteiger partial charge is 0.399 e. The van der Waals surface area contributed by atoms with E-state index in [0.717, 1.165) is 52.9 Å². The van der Waals surface area contributed by atoms with E-state index in [2.05, 4.69) is 67.6 Å². The van der Waals surface area contributed by atoms with Crippen LogP contribution in [0.3, 0.4) is 0 Å². The van der Waals surface area contributed by atoms with Gasteiger partial charge in [-0.2, -0.15) is 0 Å². The number of hydrogen-bond acceptors (Lipinski definition) is 7. The number of allylic oxidation sites excluding steroid dienone is 2. The molecule has 0 saturated heterocycles. The Morgan fingerprint density at radius 3 is 2.46 bits per heavy atom. The van der Waals surface area contributed by atoms with Crippen molar-refractivity contribution in [2.24, 2.45) is 5.16 Å². The number of tetrazole rings is 1. The number of H-pyrrole nitrogens is 1. The van der Waals surface area contributed by atoms with E-state index in [9.17, 15) is 4.79 Å². The van der Waals surface area contributed by atoms with Crippen molar-refractivity contribution in [1.29, 1.82) is 0 Å². The molecule has 0 aliphatic heterocycles. The first-order valence-electron chi connectivity index (χ1n) is 12.4. The average Bonchev–Trinajstić information content (AvgIpc) is 3.58. The van der Waals surface area contributed by atoms with Gasteiger partial charge in [0.15, 0.2) is 5.82 Å². The lowest BCUT2D eigenvalue weighted by atomic mass is 9.91. The van der Waals surface area contributed by atoms with Gasteiger partial charge in [0.2, 0.25) is 5.78 Å². The molecule has 1 aliphatic carbocycles. The van der Waals surface area contributed by atoms with Crippen LogP contribution in [0.1, 0.15) is 61.2 Å². The number of ketones is 1. The van der Waals surface area contributed by atoms with Crippen molar-refractivity contribution in [2.45, 2.75) is 46.6 Å². The van der Waals surface area contributed by atoms with Gasteiger partial charge >= 0.3 is 0 Å². The fraction of sp³-hybridized carbons (Fsp3) is 0.286. The highest BCUT2D eigenvalue weighted by Crippen LogP contribution is 2.31. The van der Waals surface area contributed by atoms with Gasteiger partial charge in [0.25, 0.3) is 0 Å². The summed E-state index contributed by atoms with van der Waals surface area (Å²) in [5, 5.41) is 18.6. The van der Waals surface area contributed by atoms with Crippen LogP contribution in [0.2, 0.25) is 0 Å². The van der Waals surface area contributed by atoms with E-state index in [-0.39, 0.29) is 5.78 Å². The molecule has 0 unspecified atom stereocenters. The second-order valence-corrected chi connectivity index (χ2v) is 9.11. The third-order valence-corrected chi connectivity index (χ3v) is 6.81. The molecule has 0 radical (unpaired) electrons. The highest BCUT2D eigenvalue weighted by molar-refractivity contribution is 6.26. The van der Waals surface area contributed by atoms with Gasteiger partial charge in [0, 0.05) is 24.1 Å². The SMILES string of the molecule is CCCCc1nc2c(n1Cc1ccc(-c3ccccc3-c3nnn[nH]3)cc1)C(=O)C(C)=C(C)C2=NOC. The number of fused-ring (bicyclic) bond motifs is 1. The van der Waals surface area contributed by atoms with E-state index in [1.807, 2.05) is 32.0 Å². The predicted molar refractivity (Wildman–Crippen MR) is 141 cm³/mol. The van der Waals surface area contributed by atoms with E-state index in [0.29, 0.717) is 35.0 Å². The van der Waals surface area contributed by atoms with Crippen molar-refractivity contribution >= 4 is 11.5 Å². The number of Topliss-reactive ketones (excluding diaryl/α,β-unsaturated/α-hetero) is 1. The topological polar surface area (TPSA) is 111 Å². The number of imidazole rings is 1. The number of nitrogens with zero attached hydrogens (tertiary/aromatic N) is 6. The number of carbonyl (C=O) groups excluding carboxylic acids is 1. The molecule has 1 aliphatic rings. The maximum atomic E-state index is 13.4. The van der Waals surface area contributed by atoms with Gasteiger partial charge in [-0.3, -0.25) is 4.79 Å². The summed E-state index contributed by atoms with van der Waals surface area (Å²) in [5.41, 5.74) is 7.36. The standard InChI is InChI=1S/C28H29N7O2/c1-5-6-11-23-29-25-24(32-37-4)17(2)18(3)27(36)26(25)35(23)16-19-12-14-20(15-13-19)21-9-7-8-10-22(21)28-30-33-34-31-28/h7-10,12-15H,5-6,11,16H2,1-4H3,(H,30,31,33,34). The molecule has 37 heavy (non-hydrogen) atoms. The van der Waals surface area contributed by atoms with Gasteiger partial charge in [-0.05, 0) is 53.0 Å². The lowest BCUT2D eigenvalue weighted by Gasteiger charge is -2.18. The minimum atomic E-state index is -0.0102. The van der Waals surface area contributed by atoms with E-state index in [4.69, 9.17) is 9.82 Å². The van der Waals surface area contributed by atoms with Crippen LogP contribution in [0, 0.1) is 0 Å². The second-order valence-electron chi connectivity index (χ2n) is 9.11. The zero-order valence-corrected chi connectivity index (χ0v) is 21.4. The molecule has 9 nitrogen and oxygen atoms in total. The Morgan fingerprint density at radius 2 is 1.78 bits per heavy atom. The number of rotatable bonds is 8. The summed E-state index contributed by atoms with van der Waals surface area (Å²) in [6.07, 6.45) is 2.81. The summed E-state index contributed by atoms with van der Waals surface area (Å²) in [7, 11) is 1.51. The number of unbranched alkanes of at least 4 members (excludes halogenated alkanes) is 1. The third-order valence-electron chi connectivity index (χ3n) is 6.81. The Morgan fingerprint density at radius 1 is 1.03 bits per heavy atom. The molecule has 9 heteroatoms. The van der Waals surface area contributed by atoms with Crippen LogP contribution in [-0.2, 0) is 17.8 Å². The molecular weight excluding hydrogens is 466 g/mol.